The summed E-state index contributed by atoms with van der Waals surface area (Å²) in [7, 11) is 0. The summed E-state index contributed by atoms with van der Waals surface area (Å²) in [4.78, 5) is 0. The molecule has 1 aliphatic heterocycles. The molecule has 66 valence electrons. The van der Waals surface area contributed by atoms with E-state index in [0.29, 0.717) is 5.92 Å². The molecule has 1 rings (SSSR count). The van der Waals surface area contributed by atoms with Crippen molar-refractivity contribution in [3.05, 3.63) is 0 Å². The zero-order valence-electron chi connectivity index (χ0n) is 6.79. The molecule has 0 unspecified atom stereocenters. The van der Waals surface area contributed by atoms with Crippen LogP contribution in [0.5, 0.6) is 0 Å². The first-order chi connectivity index (χ1) is 5.34. The third-order valence-corrected chi connectivity index (χ3v) is 2.30. The molecule has 3 nitrogen and oxygen atoms in total. The molecule has 1 saturated heterocycles. The van der Waals surface area contributed by atoms with Gasteiger partial charge in [0.1, 0.15) is 0 Å². The van der Waals surface area contributed by atoms with Gasteiger partial charge in [-0.3, -0.25) is 0 Å². The second-order valence-electron chi connectivity index (χ2n) is 3.19. The topological polar surface area (TPSA) is 52.5 Å². The molecule has 1 heterocycles. The Balaban J connectivity index is 2.18. The number of rotatable bonds is 3. The molecule has 1 fully saturated rings. The van der Waals surface area contributed by atoms with E-state index >= 15 is 0 Å². The standard InChI is InChI=1S/C8H17NO2/c10-5-1-2-7-6-9-4-3-8(7)11/h7-11H,1-6H2/t7-,8+/m0/s1. The van der Waals surface area contributed by atoms with Crippen molar-refractivity contribution in [2.75, 3.05) is 19.7 Å². The maximum atomic E-state index is 9.47. The van der Waals surface area contributed by atoms with Crippen molar-refractivity contribution in [2.24, 2.45) is 5.92 Å². The Morgan fingerprint density at radius 1 is 1.45 bits per heavy atom. The van der Waals surface area contributed by atoms with E-state index < -0.39 is 0 Å². The van der Waals surface area contributed by atoms with Gasteiger partial charge in [-0.15, -0.1) is 0 Å². The zero-order valence-corrected chi connectivity index (χ0v) is 6.79. The van der Waals surface area contributed by atoms with Gasteiger partial charge in [-0.2, -0.15) is 0 Å². The van der Waals surface area contributed by atoms with Crippen molar-refractivity contribution in [3.63, 3.8) is 0 Å². The number of nitrogens with one attached hydrogen (secondary N) is 1. The Labute approximate surface area is 67.4 Å². The highest BCUT2D eigenvalue weighted by molar-refractivity contribution is 4.76. The van der Waals surface area contributed by atoms with Crippen LogP contribution in [0.3, 0.4) is 0 Å². The number of aliphatic hydroxyl groups excluding tert-OH is 2. The second-order valence-corrected chi connectivity index (χ2v) is 3.19. The molecule has 3 N–H and O–H groups in total. The van der Waals surface area contributed by atoms with Crippen molar-refractivity contribution in [1.82, 2.24) is 5.32 Å². The van der Waals surface area contributed by atoms with Gasteiger partial charge in [-0.25, -0.2) is 0 Å². The van der Waals surface area contributed by atoms with Crippen LogP contribution in [0.2, 0.25) is 0 Å². The van der Waals surface area contributed by atoms with E-state index in [2.05, 4.69) is 5.32 Å². The number of aliphatic hydroxyl groups is 2. The quantitative estimate of drug-likeness (QED) is 0.531. The molecule has 11 heavy (non-hydrogen) atoms. The highest BCUT2D eigenvalue weighted by atomic mass is 16.3. The van der Waals surface area contributed by atoms with E-state index in [9.17, 15) is 5.11 Å². The molecule has 0 aromatic rings. The lowest BCUT2D eigenvalue weighted by Crippen LogP contribution is -2.39. The zero-order chi connectivity index (χ0) is 8.10. The minimum Gasteiger partial charge on any atom is -0.396 e. The van der Waals surface area contributed by atoms with Gasteiger partial charge < -0.3 is 15.5 Å². The third-order valence-electron chi connectivity index (χ3n) is 2.30. The predicted octanol–water partition coefficient (Wildman–Crippen LogP) is -0.271. The van der Waals surface area contributed by atoms with Crippen LogP contribution >= 0.6 is 0 Å². The van der Waals surface area contributed by atoms with Crippen LogP contribution in [0.4, 0.5) is 0 Å². The first kappa shape index (κ1) is 8.97. The molecule has 0 radical (unpaired) electrons. The molecule has 0 saturated carbocycles. The Morgan fingerprint density at radius 2 is 2.27 bits per heavy atom. The molecule has 0 aliphatic carbocycles. The molecule has 3 heteroatoms. The summed E-state index contributed by atoms with van der Waals surface area (Å²) >= 11 is 0. The van der Waals surface area contributed by atoms with Gasteiger partial charge in [0.15, 0.2) is 0 Å². The van der Waals surface area contributed by atoms with Crippen molar-refractivity contribution in [1.29, 1.82) is 0 Å². The number of hydrogen-bond donors (Lipinski definition) is 3. The molecule has 2 atom stereocenters. The summed E-state index contributed by atoms with van der Waals surface area (Å²) < 4.78 is 0. The van der Waals surface area contributed by atoms with Crippen molar-refractivity contribution < 1.29 is 10.2 Å². The van der Waals surface area contributed by atoms with Crippen LogP contribution in [-0.4, -0.2) is 36.0 Å². The highest BCUT2D eigenvalue weighted by Gasteiger charge is 2.21. The fourth-order valence-corrected chi connectivity index (χ4v) is 1.56. The Morgan fingerprint density at radius 3 is 2.91 bits per heavy atom. The smallest absolute Gasteiger partial charge is 0.0592 e. The van der Waals surface area contributed by atoms with E-state index in [4.69, 9.17) is 5.11 Å². The lowest BCUT2D eigenvalue weighted by Gasteiger charge is -2.28. The van der Waals surface area contributed by atoms with Gasteiger partial charge in [-0.1, -0.05) is 0 Å². The third kappa shape index (κ3) is 2.77. The van der Waals surface area contributed by atoms with E-state index in [1.54, 1.807) is 0 Å². The lowest BCUT2D eigenvalue weighted by molar-refractivity contribution is 0.0705. The summed E-state index contributed by atoms with van der Waals surface area (Å²) in [6.45, 7) is 2.07. The summed E-state index contributed by atoms with van der Waals surface area (Å²) in [6, 6.07) is 0. The summed E-state index contributed by atoms with van der Waals surface area (Å²) in [6.07, 6.45) is 2.45. The lowest BCUT2D eigenvalue weighted by atomic mass is 9.92. The highest BCUT2D eigenvalue weighted by Crippen LogP contribution is 2.16. The first-order valence-corrected chi connectivity index (χ1v) is 4.34. The van der Waals surface area contributed by atoms with E-state index in [1.807, 2.05) is 0 Å². The summed E-state index contributed by atoms with van der Waals surface area (Å²) in [5.41, 5.74) is 0. The van der Waals surface area contributed by atoms with Gasteiger partial charge >= 0.3 is 0 Å². The predicted molar refractivity (Wildman–Crippen MR) is 43.3 cm³/mol. The van der Waals surface area contributed by atoms with Crippen LogP contribution in [0.15, 0.2) is 0 Å². The monoisotopic (exact) mass is 159 g/mol. The van der Waals surface area contributed by atoms with Crippen LogP contribution in [-0.2, 0) is 0 Å². The Bertz CT molecular complexity index is 108. The fourth-order valence-electron chi connectivity index (χ4n) is 1.56. The van der Waals surface area contributed by atoms with Gasteiger partial charge in [0, 0.05) is 13.2 Å². The Kier molecular flexibility index (Phi) is 3.83. The molecule has 0 aromatic carbocycles. The molecule has 0 bridgehead atoms. The maximum absolute atomic E-state index is 9.47. The molecule has 1 aliphatic rings. The summed E-state index contributed by atoms with van der Waals surface area (Å²) in [5, 5.41) is 21.3. The van der Waals surface area contributed by atoms with Gasteiger partial charge in [-0.05, 0) is 31.7 Å². The van der Waals surface area contributed by atoms with Gasteiger partial charge in [0.25, 0.3) is 0 Å². The minimum absolute atomic E-state index is 0.150. The SMILES string of the molecule is OCCC[C@H]1CNCC[C@H]1O. The number of piperidine rings is 1. The molecule has 0 aromatic heterocycles. The first-order valence-electron chi connectivity index (χ1n) is 4.34. The van der Waals surface area contributed by atoms with Crippen LogP contribution in [0, 0.1) is 5.92 Å². The largest absolute Gasteiger partial charge is 0.396 e. The van der Waals surface area contributed by atoms with Gasteiger partial charge in [0.2, 0.25) is 0 Å². The van der Waals surface area contributed by atoms with E-state index in [0.717, 1.165) is 32.4 Å². The molecular formula is C8H17NO2. The van der Waals surface area contributed by atoms with Crippen molar-refractivity contribution in [2.45, 2.75) is 25.4 Å². The fraction of sp³-hybridized carbons (Fsp3) is 1.00. The van der Waals surface area contributed by atoms with Crippen molar-refractivity contribution in [3.8, 4) is 0 Å². The molecular weight excluding hydrogens is 142 g/mol. The normalized spacial score (nSPS) is 32.2. The van der Waals surface area contributed by atoms with Crippen LogP contribution in [0.1, 0.15) is 19.3 Å². The molecule has 0 amide bonds. The number of hydrogen-bond acceptors (Lipinski definition) is 3. The maximum Gasteiger partial charge on any atom is 0.0592 e. The van der Waals surface area contributed by atoms with E-state index in [1.165, 1.54) is 0 Å². The average Bonchev–Trinajstić information content (AvgIpc) is 2.03. The summed E-state index contributed by atoms with van der Waals surface area (Å²) in [5.74, 6) is 0.357. The minimum atomic E-state index is -0.150. The van der Waals surface area contributed by atoms with Gasteiger partial charge in [0.05, 0.1) is 6.10 Å². The van der Waals surface area contributed by atoms with Crippen LogP contribution < -0.4 is 5.32 Å². The van der Waals surface area contributed by atoms with Crippen molar-refractivity contribution >= 4 is 0 Å². The second kappa shape index (κ2) is 4.70. The van der Waals surface area contributed by atoms with E-state index in [-0.39, 0.29) is 12.7 Å². The molecule has 0 spiro atoms. The van der Waals surface area contributed by atoms with Crippen LogP contribution in [0.25, 0.3) is 0 Å². The average molecular weight is 159 g/mol. The Hall–Kier alpha value is -0.120.